The summed E-state index contributed by atoms with van der Waals surface area (Å²) in [5, 5.41) is 0. The molecule has 1 aromatic rings. The molecule has 6 heteroatoms. The van der Waals surface area contributed by atoms with Crippen molar-refractivity contribution in [2.45, 2.75) is 33.1 Å². The fourth-order valence-corrected chi connectivity index (χ4v) is 3.78. The SMILES string of the molecule is CCCN(CCC)C(=O)C1CC1C(=O)N1CCN(c2ccccn2)CC1. The molecule has 0 N–H and O–H groups in total. The van der Waals surface area contributed by atoms with Crippen LogP contribution in [0.25, 0.3) is 0 Å². The molecule has 2 heterocycles. The van der Waals surface area contributed by atoms with E-state index in [1.54, 1.807) is 6.20 Å². The van der Waals surface area contributed by atoms with Crippen molar-refractivity contribution in [2.24, 2.45) is 11.8 Å². The molecule has 142 valence electrons. The van der Waals surface area contributed by atoms with E-state index in [9.17, 15) is 9.59 Å². The summed E-state index contributed by atoms with van der Waals surface area (Å²) >= 11 is 0. The van der Waals surface area contributed by atoms with Crippen molar-refractivity contribution in [3.63, 3.8) is 0 Å². The maximum atomic E-state index is 12.8. The fourth-order valence-electron chi connectivity index (χ4n) is 3.78. The number of rotatable bonds is 7. The van der Waals surface area contributed by atoms with Gasteiger partial charge in [0.2, 0.25) is 11.8 Å². The first-order valence-corrected chi connectivity index (χ1v) is 9.89. The fraction of sp³-hybridized carbons (Fsp3) is 0.650. The Balaban J connectivity index is 1.50. The molecule has 3 rings (SSSR count). The highest BCUT2D eigenvalue weighted by atomic mass is 16.2. The van der Waals surface area contributed by atoms with E-state index in [1.807, 2.05) is 28.0 Å². The van der Waals surface area contributed by atoms with E-state index in [-0.39, 0.29) is 23.7 Å². The second-order valence-electron chi connectivity index (χ2n) is 7.27. The van der Waals surface area contributed by atoms with Crippen LogP contribution in [0.3, 0.4) is 0 Å². The number of anilines is 1. The van der Waals surface area contributed by atoms with Gasteiger partial charge in [-0.05, 0) is 31.4 Å². The number of hydrogen-bond donors (Lipinski definition) is 0. The Morgan fingerprint density at radius 2 is 1.77 bits per heavy atom. The number of amides is 2. The van der Waals surface area contributed by atoms with Crippen LogP contribution >= 0.6 is 0 Å². The number of pyridine rings is 1. The van der Waals surface area contributed by atoms with Gasteiger partial charge in [0, 0.05) is 45.5 Å². The van der Waals surface area contributed by atoms with Crippen molar-refractivity contribution in [1.29, 1.82) is 0 Å². The van der Waals surface area contributed by atoms with Gasteiger partial charge in [-0.15, -0.1) is 0 Å². The third-order valence-electron chi connectivity index (χ3n) is 5.29. The first kappa shape index (κ1) is 18.7. The van der Waals surface area contributed by atoms with Gasteiger partial charge >= 0.3 is 0 Å². The topological polar surface area (TPSA) is 56.8 Å². The number of hydrogen-bond acceptors (Lipinski definition) is 4. The van der Waals surface area contributed by atoms with Crippen LogP contribution in [-0.4, -0.2) is 65.9 Å². The van der Waals surface area contributed by atoms with Crippen LogP contribution < -0.4 is 4.90 Å². The van der Waals surface area contributed by atoms with Gasteiger partial charge in [0.15, 0.2) is 0 Å². The molecule has 1 saturated carbocycles. The van der Waals surface area contributed by atoms with Gasteiger partial charge in [-0.25, -0.2) is 4.98 Å². The molecule has 2 fully saturated rings. The van der Waals surface area contributed by atoms with Gasteiger partial charge in [0.1, 0.15) is 5.82 Å². The zero-order chi connectivity index (χ0) is 18.5. The highest BCUT2D eigenvalue weighted by molar-refractivity contribution is 5.92. The highest BCUT2D eigenvalue weighted by Gasteiger charge is 2.50. The van der Waals surface area contributed by atoms with E-state index >= 15 is 0 Å². The predicted octanol–water partition coefficient (Wildman–Crippen LogP) is 2.01. The number of aromatic nitrogens is 1. The molecule has 0 aromatic carbocycles. The van der Waals surface area contributed by atoms with Crippen molar-refractivity contribution in [3.05, 3.63) is 24.4 Å². The molecule has 2 atom stereocenters. The lowest BCUT2D eigenvalue weighted by Gasteiger charge is -2.35. The Morgan fingerprint density at radius 1 is 1.08 bits per heavy atom. The van der Waals surface area contributed by atoms with Crippen LogP contribution in [0, 0.1) is 11.8 Å². The molecule has 26 heavy (non-hydrogen) atoms. The van der Waals surface area contributed by atoms with Gasteiger partial charge in [-0.3, -0.25) is 9.59 Å². The highest BCUT2D eigenvalue weighted by Crippen LogP contribution is 2.41. The molecular formula is C20H30N4O2. The summed E-state index contributed by atoms with van der Waals surface area (Å²) in [5.41, 5.74) is 0. The Kier molecular flexibility index (Phi) is 6.12. The lowest BCUT2D eigenvalue weighted by molar-refractivity contribution is -0.138. The molecule has 2 aliphatic rings. The summed E-state index contributed by atoms with van der Waals surface area (Å²) in [6.07, 6.45) is 4.45. The molecule has 1 aliphatic carbocycles. The molecule has 1 aromatic heterocycles. The van der Waals surface area contributed by atoms with Gasteiger partial charge in [-0.2, -0.15) is 0 Å². The lowest BCUT2D eigenvalue weighted by atomic mass is 10.2. The molecule has 0 bridgehead atoms. The Labute approximate surface area is 156 Å². The second kappa shape index (κ2) is 8.52. The molecule has 0 spiro atoms. The van der Waals surface area contributed by atoms with Crippen LogP contribution in [0.1, 0.15) is 33.1 Å². The second-order valence-corrected chi connectivity index (χ2v) is 7.27. The van der Waals surface area contributed by atoms with Gasteiger partial charge < -0.3 is 14.7 Å². The minimum absolute atomic E-state index is 0.0885. The van der Waals surface area contributed by atoms with Crippen LogP contribution in [-0.2, 0) is 9.59 Å². The van der Waals surface area contributed by atoms with E-state index in [4.69, 9.17) is 0 Å². The standard InChI is InChI=1S/C20H30N4O2/c1-3-9-23(10-4-2)19(25)16-15-17(16)20(26)24-13-11-22(12-14-24)18-7-5-6-8-21-18/h5-8,16-17H,3-4,9-15H2,1-2H3. The zero-order valence-electron chi connectivity index (χ0n) is 15.9. The molecule has 1 aliphatic heterocycles. The molecule has 6 nitrogen and oxygen atoms in total. The molecule has 2 amide bonds. The third kappa shape index (κ3) is 4.17. The Morgan fingerprint density at radius 3 is 2.35 bits per heavy atom. The quantitative estimate of drug-likeness (QED) is 0.748. The van der Waals surface area contributed by atoms with Crippen molar-refractivity contribution in [2.75, 3.05) is 44.2 Å². The maximum Gasteiger partial charge on any atom is 0.226 e. The van der Waals surface area contributed by atoms with Crippen molar-refractivity contribution >= 4 is 17.6 Å². The van der Waals surface area contributed by atoms with Crippen LogP contribution in [0.15, 0.2) is 24.4 Å². The minimum atomic E-state index is -0.0971. The monoisotopic (exact) mass is 358 g/mol. The minimum Gasteiger partial charge on any atom is -0.353 e. The van der Waals surface area contributed by atoms with Gasteiger partial charge in [0.05, 0.1) is 11.8 Å². The number of carbonyl (C=O) groups is 2. The molecule has 1 saturated heterocycles. The number of nitrogens with zero attached hydrogens (tertiary/aromatic N) is 4. The lowest BCUT2D eigenvalue weighted by Crippen LogP contribution is -2.49. The van der Waals surface area contributed by atoms with Crippen molar-refractivity contribution in [1.82, 2.24) is 14.8 Å². The first-order valence-electron chi connectivity index (χ1n) is 9.89. The van der Waals surface area contributed by atoms with Crippen molar-refractivity contribution < 1.29 is 9.59 Å². The summed E-state index contributed by atoms with van der Waals surface area (Å²) < 4.78 is 0. The average Bonchev–Trinajstić information content (AvgIpc) is 3.48. The smallest absolute Gasteiger partial charge is 0.226 e. The predicted molar refractivity (Wildman–Crippen MR) is 102 cm³/mol. The molecule has 2 unspecified atom stereocenters. The summed E-state index contributed by atoms with van der Waals surface area (Å²) in [7, 11) is 0. The molecule has 0 radical (unpaired) electrons. The van der Waals surface area contributed by atoms with E-state index in [0.29, 0.717) is 13.1 Å². The number of carbonyl (C=O) groups excluding carboxylic acids is 2. The zero-order valence-corrected chi connectivity index (χ0v) is 15.9. The average molecular weight is 358 g/mol. The van der Waals surface area contributed by atoms with Crippen molar-refractivity contribution in [3.8, 4) is 0 Å². The normalized spacial score (nSPS) is 22.2. The summed E-state index contributed by atoms with van der Waals surface area (Å²) in [6.45, 7) is 8.79. The van der Waals surface area contributed by atoms with Crippen LogP contribution in [0.4, 0.5) is 5.82 Å². The van der Waals surface area contributed by atoms with E-state index in [0.717, 1.165) is 51.3 Å². The van der Waals surface area contributed by atoms with E-state index in [2.05, 4.69) is 23.7 Å². The van der Waals surface area contributed by atoms with Gasteiger partial charge in [-0.1, -0.05) is 19.9 Å². The largest absolute Gasteiger partial charge is 0.353 e. The van der Waals surface area contributed by atoms with Crippen LogP contribution in [0.2, 0.25) is 0 Å². The third-order valence-corrected chi connectivity index (χ3v) is 5.29. The number of piperazine rings is 1. The molecular weight excluding hydrogens is 328 g/mol. The summed E-state index contributed by atoms with van der Waals surface area (Å²) in [5.74, 6) is 1.12. The van der Waals surface area contributed by atoms with Gasteiger partial charge in [0.25, 0.3) is 0 Å². The Hall–Kier alpha value is -2.11. The summed E-state index contributed by atoms with van der Waals surface area (Å²) in [6, 6.07) is 5.90. The first-order chi connectivity index (χ1) is 12.7. The maximum absolute atomic E-state index is 12.8. The summed E-state index contributed by atoms with van der Waals surface area (Å²) in [4.78, 5) is 35.9. The van der Waals surface area contributed by atoms with Crippen LogP contribution in [0.5, 0.6) is 0 Å². The Bertz CT molecular complexity index is 607. The van der Waals surface area contributed by atoms with E-state index in [1.165, 1.54) is 0 Å². The van der Waals surface area contributed by atoms with E-state index < -0.39 is 0 Å².